The smallest absolute Gasteiger partial charge is 0.240 e. The summed E-state index contributed by atoms with van der Waals surface area (Å²) in [5.74, 6) is 0. The van der Waals surface area contributed by atoms with Crippen molar-refractivity contribution in [3.63, 3.8) is 0 Å². The Bertz CT molecular complexity index is 537. The van der Waals surface area contributed by atoms with Crippen LogP contribution in [0, 0.1) is 0 Å². The quantitative estimate of drug-likeness (QED) is 0.831. The average Bonchev–Trinajstić information content (AvgIpc) is 2.47. The molecule has 2 N–H and O–H groups in total. The fraction of sp³-hybridized carbons (Fsp3) is 0.600. The van der Waals surface area contributed by atoms with Crippen LogP contribution < -0.4 is 4.72 Å². The monoisotopic (exact) mass is 312 g/mol. The molecule has 1 atom stereocenters. The van der Waals surface area contributed by atoms with Gasteiger partial charge < -0.3 is 10.0 Å². The minimum absolute atomic E-state index is 0.0842. The van der Waals surface area contributed by atoms with Crippen molar-refractivity contribution in [3.05, 3.63) is 29.8 Å². The van der Waals surface area contributed by atoms with Crippen molar-refractivity contribution < 1.29 is 13.5 Å². The Kier molecular flexibility index (Phi) is 5.75. The second kappa shape index (κ2) is 7.35. The van der Waals surface area contributed by atoms with Gasteiger partial charge in [0.25, 0.3) is 0 Å². The molecule has 5 nitrogen and oxygen atoms in total. The molecule has 2 rings (SSSR count). The number of nitrogens with one attached hydrogen (secondary N) is 1. The number of aliphatic hydroxyl groups excluding tert-OH is 1. The van der Waals surface area contributed by atoms with Gasteiger partial charge in [-0.05, 0) is 50.6 Å². The summed E-state index contributed by atoms with van der Waals surface area (Å²) in [4.78, 5) is 2.55. The van der Waals surface area contributed by atoms with Crippen LogP contribution in [-0.4, -0.2) is 44.1 Å². The lowest BCUT2D eigenvalue weighted by molar-refractivity contribution is 0.215. The maximum Gasteiger partial charge on any atom is 0.240 e. The van der Waals surface area contributed by atoms with Crippen molar-refractivity contribution in [2.75, 3.05) is 19.6 Å². The number of rotatable bonds is 6. The highest BCUT2D eigenvalue weighted by atomic mass is 32.2. The van der Waals surface area contributed by atoms with E-state index in [1.54, 1.807) is 12.1 Å². The van der Waals surface area contributed by atoms with Gasteiger partial charge in [0.05, 0.1) is 11.5 Å². The van der Waals surface area contributed by atoms with Gasteiger partial charge in [0, 0.05) is 12.6 Å². The molecule has 0 radical (unpaired) electrons. The minimum Gasteiger partial charge on any atom is -0.392 e. The second-order valence-corrected chi connectivity index (χ2v) is 7.40. The van der Waals surface area contributed by atoms with Gasteiger partial charge >= 0.3 is 0 Å². The van der Waals surface area contributed by atoms with Crippen LogP contribution in [0.4, 0.5) is 0 Å². The lowest BCUT2D eigenvalue weighted by Gasteiger charge is -2.29. The van der Waals surface area contributed by atoms with Crippen molar-refractivity contribution in [2.45, 2.75) is 43.7 Å². The molecule has 1 aromatic rings. The van der Waals surface area contributed by atoms with Gasteiger partial charge in [0.15, 0.2) is 0 Å². The summed E-state index contributed by atoms with van der Waals surface area (Å²) in [6.07, 6.45) is 3.66. The van der Waals surface area contributed by atoms with Gasteiger partial charge in [-0.1, -0.05) is 18.6 Å². The second-order valence-electron chi connectivity index (χ2n) is 5.69. The van der Waals surface area contributed by atoms with E-state index in [4.69, 9.17) is 5.11 Å². The van der Waals surface area contributed by atoms with E-state index in [1.807, 2.05) is 6.92 Å². The Morgan fingerprint density at radius 2 is 1.81 bits per heavy atom. The average molecular weight is 312 g/mol. The largest absolute Gasteiger partial charge is 0.392 e. The van der Waals surface area contributed by atoms with E-state index in [2.05, 4.69) is 9.62 Å². The summed E-state index contributed by atoms with van der Waals surface area (Å²) in [5, 5.41) is 8.99. The van der Waals surface area contributed by atoms with Crippen LogP contribution in [-0.2, 0) is 16.6 Å². The highest BCUT2D eigenvalue weighted by Gasteiger charge is 2.20. The molecule has 1 aliphatic heterocycles. The maximum absolute atomic E-state index is 12.3. The van der Waals surface area contributed by atoms with Crippen LogP contribution in [0.5, 0.6) is 0 Å². The van der Waals surface area contributed by atoms with Gasteiger partial charge in [-0.15, -0.1) is 0 Å². The molecule has 118 valence electrons. The zero-order valence-electron chi connectivity index (χ0n) is 12.5. The Balaban J connectivity index is 1.95. The first kappa shape index (κ1) is 16.4. The van der Waals surface area contributed by atoms with Gasteiger partial charge in [-0.2, -0.15) is 0 Å². The van der Waals surface area contributed by atoms with Crippen molar-refractivity contribution in [1.82, 2.24) is 9.62 Å². The van der Waals surface area contributed by atoms with Crippen LogP contribution in [0.25, 0.3) is 0 Å². The lowest BCUT2D eigenvalue weighted by Crippen LogP contribution is -2.43. The Hall–Kier alpha value is -0.950. The zero-order valence-corrected chi connectivity index (χ0v) is 13.3. The SMILES string of the molecule is CC(CN1CCCCC1)NS(=O)(=O)c1ccc(CO)cc1. The zero-order chi connectivity index (χ0) is 15.3. The van der Waals surface area contributed by atoms with E-state index in [-0.39, 0.29) is 17.5 Å². The molecular formula is C15H24N2O3S. The van der Waals surface area contributed by atoms with Crippen molar-refractivity contribution in [2.24, 2.45) is 0 Å². The third-order valence-electron chi connectivity index (χ3n) is 3.75. The predicted octanol–water partition coefficient (Wildman–Crippen LogP) is 1.33. The van der Waals surface area contributed by atoms with Crippen molar-refractivity contribution >= 4 is 10.0 Å². The maximum atomic E-state index is 12.3. The predicted molar refractivity (Wildman–Crippen MR) is 82.4 cm³/mol. The number of benzene rings is 1. The number of nitrogens with zero attached hydrogens (tertiary/aromatic N) is 1. The van der Waals surface area contributed by atoms with Crippen LogP contribution in [0.3, 0.4) is 0 Å². The van der Waals surface area contributed by atoms with Crippen LogP contribution in [0.1, 0.15) is 31.7 Å². The highest BCUT2D eigenvalue weighted by Crippen LogP contribution is 2.13. The van der Waals surface area contributed by atoms with E-state index in [0.717, 1.165) is 19.6 Å². The highest BCUT2D eigenvalue weighted by molar-refractivity contribution is 7.89. The van der Waals surface area contributed by atoms with E-state index < -0.39 is 10.0 Å². The molecule has 1 saturated heterocycles. The third kappa shape index (κ3) is 4.78. The molecule has 1 aromatic carbocycles. The Morgan fingerprint density at radius 3 is 2.38 bits per heavy atom. The normalized spacial score (nSPS) is 18.6. The fourth-order valence-electron chi connectivity index (χ4n) is 2.67. The minimum atomic E-state index is -3.49. The van der Waals surface area contributed by atoms with Crippen LogP contribution >= 0.6 is 0 Å². The van der Waals surface area contributed by atoms with Gasteiger partial charge in [-0.3, -0.25) is 0 Å². The number of piperidine rings is 1. The van der Waals surface area contributed by atoms with E-state index in [0.29, 0.717) is 5.56 Å². The third-order valence-corrected chi connectivity index (χ3v) is 5.36. The first-order valence-electron chi connectivity index (χ1n) is 7.46. The molecule has 0 bridgehead atoms. The topological polar surface area (TPSA) is 69.6 Å². The molecule has 21 heavy (non-hydrogen) atoms. The van der Waals surface area contributed by atoms with Gasteiger partial charge in [-0.25, -0.2) is 13.1 Å². The van der Waals surface area contributed by atoms with Gasteiger partial charge in [0.1, 0.15) is 0 Å². The molecule has 1 heterocycles. The molecule has 1 unspecified atom stereocenters. The molecular weight excluding hydrogens is 288 g/mol. The summed E-state index contributed by atoms with van der Waals surface area (Å²) in [7, 11) is -3.49. The first-order chi connectivity index (χ1) is 10.0. The number of aliphatic hydroxyl groups is 1. The summed E-state index contributed by atoms with van der Waals surface area (Å²) in [6.45, 7) is 4.66. The van der Waals surface area contributed by atoms with Crippen molar-refractivity contribution in [3.8, 4) is 0 Å². The number of hydrogen-bond donors (Lipinski definition) is 2. The summed E-state index contributed by atoms with van der Waals surface area (Å²) in [5.41, 5.74) is 0.704. The fourth-order valence-corrected chi connectivity index (χ4v) is 3.91. The molecule has 0 saturated carbocycles. The Morgan fingerprint density at radius 1 is 1.19 bits per heavy atom. The molecule has 0 spiro atoms. The number of likely N-dealkylation sites (tertiary alicyclic amines) is 1. The summed E-state index contributed by atoms with van der Waals surface area (Å²) in [6, 6.07) is 6.20. The number of sulfonamides is 1. The van der Waals surface area contributed by atoms with Crippen LogP contribution in [0.2, 0.25) is 0 Å². The summed E-state index contributed by atoms with van der Waals surface area (Å²) < 4.78 is 27.3. The van der Waals surface area contributed by atoms with Crippen molar-refractivity contribution in [1.29, 1.82) is 0 Å². The number of hydrogen-bond acceptors (Lipinski definition) is 4. The van der Waals surface area contributed by atoms with Gasteiger partial charge in [0.2, 0.25) is 10.0 Å². The Labute approximate surface area is 127 Å². The molecule has 1 aliphatic rings. The van der Waals surface area contributed by atoms with E-state index in [9.17, 15) is 8.42 Å². The summed E-state index contributed by atoms with van der Waals surface area (Å²) >= 11 is 0. The standard InChI is InChI=1S/C15H24N2O3S/c1-13(11-17-9-3-2-4-10-17)16-21(19,20)15-7-5-14(12-18)6-8-15/h5-8,13,16,18H,2-4,9-12H2,1H3. The first-order valence-corrected chi connectivity index (χ1v) is 8.94. The molecule has 0 aromatic heterocycles. The molecule has 0 aliphatic carbocycles. The molecule has 0 amide bonds. The van der Waals surface area contributed by atoms with E-state index >= 15 is 0 Å². The lowest BCUT2D eigenvalue weighted by atomic mass is 10.1. The molecule has 6 heteroatoms. The van der Waals surface area contributed by atoms with Crippen LogP contribution in [0.15, 0.2) is 29.2 Å². The van der Waals surface area contributed by atoms with E-state index in [1.165, 1.54) is 31.4 Å². The molecule has 1 fully saturated rings.